The predicted octanol–water partition coefficient (Wildman–Crippen LogP) is 10.3. The van der Waals surface area contributed by atoms with Gasteiger partial charge >= 0.3 is 0 Å². The summed E-state index contributed by atoms with van der Waals surface area (Å²) in [6, 6.07) is 29.5. The van der Waals surface area contributed by atoms with E-state index in [4.69, 9.17) is 16.7 Å². The molecule has 3 unspecified atom stereocenters. The number of hydrogen-bond donors (Lipinski definition) is 0. The van der Waals surface area contributed by atoms with E-state index in [1.54, 1.807) is 36.4 Å². The van der Waals surface area contributed by atoms with Crippen LogP contribution in [-0.2, 0) is 41.5 Å². The molecule has 6 aromatic rings. The molecule has 56 heavy (non-hydrogen) atoms. The van der Waals surface area contributed by atoms with Gasteiger partial charge in [0.25, 0.3) is 0 Å². The zero-order valence-electron chi connectivity index (χ0n) is 29.0. The van der Waals surface area contributed by atoms with Gasteiger partial charge in [-0.2, -0.15) is 0 Å². The van der Waals surface area contributed by atoms with Crippen molar-refractivity contribution in [2.45, 2.75) is 45.0 Å². The van der Waals surface area contributed by atoms with E-state index in [0.717, 1.165) is 58.5 Å². The van der Waals surface area contributed by atoms with Gasteiger partial charge in [-0.3, -0.25) is 4.90 Å². The van der Waals surface area contributed by atoms with Crippen LogP contribution in [-0.4, -0.2) is 19.9 Å². The highest BCUT2D eigenvalue weighted by Gasteiger charge is 2.36. The van der Waals surface area contributed by atoms with Gasteiger partial charge < -0.3 is 16.7 Å². The first-order valence-electron chi connectivity index (χ1n) is 17.1. The van der Waals surface area contributed by atoms with E-state index in [1.165, 1.54) is 60.7 Å². The molecule has 0 bridgehead atoms. The monoisotopic (exact) mass is 835 g/mol. The van der Waals surface area contributed by atoms with Crippen LogP contribution in [0.2, 0.25) is 0 Å². The highest BCUT2D eigenvalue weighted by Crippen LogP contribution is 2.48. The van der Waals surface area contributed by atoms with E-state index in [0.29, 0.717) is 35.7 Å². The molecule has 0 saturated carbocycles. The molecule has 15 heteroatoms. The average Bonchev–Trinajstić information content (AvgIpc) is 3.19. The van der Waals surface area contributed by atoms with Crippen LogP contribution in [0.25, 0.3) is 0 Å². The van der Waals surface area contributed by atoms with Crippen molar-refractivity contribution in [1.82, 2.24) is 4.90 Å². The van der Waals surface area contributed by atoms with Crippen molar-refractivity contribution in [3.05, 3.63) is 167 Å². The maximum atomic E-state index is 14.1. The minimum absolute atomic E-state index is 0.122. The Morgan fingerprint density at radius 1 is 0.589 bits per heavy atom. The Hall–Kier alpha value is -4.80. The first-order chi connectivity index (χ1) is 27.2. The molecule has 2 aliphatic heterocycles. The summed E-state index contributed by atoms with van der Waals surface area (Å²) < 4.78 is 107. The van der Waals surface area contributed by atoms with Crippen LogP contribution in [0.3, 0.4) is 0 Å². The highest BCUT2D eigenvalue weighted by molar-refractivity contribution is 7.95. The van der Waals surface area contributed by atoms with Crippen molar-refractivity contribution in [2.75, 3.05) is 6.54 Å². The Labute approximate surface area is 333 Å². The van der Waals surface area contributed by atoms with Gasteiger partial charge in [0.05, 0.1) is 43.7 Å². The topological polar surface area (TPSA) is 74.3 Å². The summed E-state index contributed by atoms with van der Waals surface area (Å²) in [7, 11) is 0. The lowest BCUT2D eigenvalue weighted by Gasteiger charge is -2.42. The summed E-state index contributed by atoms with van der Waals surface area (Å²) in [5, 5.41) is 0. The van der Waals surface area contributed by atoms with Gasteiger partial charge in [-0.25, -0.2) is 26.0 Å². The molecular weight excluding hydrogens is 807 g/mol. The summed E-state index contributed by atoms with van der Waals surface area (Å²) in [6.45, 7) is 0.967. The summed E-state index contributed by atoms with van der Waals surface area (Å²) in [6.07, 6.45) is 1.07. The third-order valence-electron chi connectivity index (χ3n) is 9.12. The number of hydrogen-bond acceptors (Lipinski definition) is 9. The third kappa shape index (κ3) is 8.61. The summed E-state index contributed by atoms with van der Waals surface area (Å²) in [5.41, 5.74) is 3.45. The van der Waals surface area contributed by atoms with Crippen LogP contribution < -0.4 is 16.7 Å². The Morgan fingerprint density at radius 2 is 1.16 bits per heavy atom. The second-order valence-electron chi connectivity index (χ2n) is 12.8. The smallest absolute Gasteiger partial charge is 0.240 e. The molecule has 0 radical (unpaired) electrons. The molecule has 0 amide bonds. The number of nitrogens with zero attached hydrogens (tertiary/aromatic N) is 1. The Kier molecular flexibility index (Phi) is 11.4. The molecule has 0 N–H and O–H groups in total. The molecule has 2 heterocycles. The van der Waals surface area contributed by atoms with Gasteiger partial charge in [0.1, 0.15) is 23.3 Å². The number of rotatable bonds is 12. The fourth-order valence-corrected chi connectivity index (χ4v) is 9.36. The van der Waals surface area contributed by atoms with Crippen LogP contribution in [0.5, 0.6) is 23.0 Å². The van der Waals surface area contributed by atoms with Crippen LogP contribution in [0, 0.1) is 23.3 Å². The minimum atomic E-state index is -2.11. The highest BCUT2D eigenvalue weighted by atomic mass is 32.2. The maximum absolute atomic E-state index is 14.1. The fraction of sp³-hybridized carbons (Fsp3) is 0.122. The van der Waals surface area contributed by atoms with Gasteiger partial charge in [0.2, 0.25) is 22.2 Å². The first kappa shape index (κ1) is 38.1. The molecule has 2 aliphatic rings. The summed E-state index contributed by atoms with van der Waals surface area (Å²) >= 11 is -2.38. The van der Waals surface area contributed by atoms with Gasteiger partial charge in [0, 0.05) is 24.7 Å². The van der Waals surface area contributed by atoms with Crippen molar-refractivity contribution in [2.24, 2.45) is 0 Å². The molecule has 8 rings (SSSR count). The maximum Gasteiger partial charge on any atom is 0.240 e. The molecule has 7 nitrogen and oxygen atoms in total. The van der Waals surface area contributed by atoms with E-state index in [9.17, 15) is 26.0 Å². The third-order valence-corrected chi connectivity index (χ3v) is 12.5. The molecule has 0 spiro atoms. The first-order valence-corrected chi connectivity index (χ1v) is 20.8. The Balaban J connectivity index is 1.13. The standard InChI is InChI=1S/C41H29F4NO6S4/c42-27-5-1-9-31(19-27)53-49-38-14-13-25-17-37-35-23-40(51-55(47)33-11-3-7-29(44)21-33)39(50-54-32-10-2-6-28(43)20-32)18-26(35)15-16-46(37)24-36(25)41(38)52-56(48)34-12-4-8-30(45)22-34/h1-14,18-23,37H,15-17,24H2. The van der Waals surface area contributed by atoms with Gasteiger partial charge in [-0.1, -0.05) is 30.3 Å². The van der Waals surface area contributed by atoms with Gasteiger partial charge in [-0.15, -0.1) is 0 Å². The molecule has 0 saturated heterocycles. The Morgan fingerprint density at radius 3 is 1.77 bits per heavy atom. The lowest BCUT2D eigenvalue weighted by molar-refractivity contribution is 0.159. The predicted molar refractivity (Wildman–Crippen MR) is 206 cm³/mol. The minimum Gasteiger partial charge on any atom is -0.417 e. The molecular formula is C41H29F4NO6S4. The quantitative estimate of drug-likeness (QED) is 0.0885. The number of benzene rings is 6. The summed E-state index contributed by atoms with van der Waals surface area (Å²) in [4.78, 5) is 3.48. The van der Waals surface area contributed by atoms with Crippen LogP contribution in [0.15, 0.2) is 141 Å². The van der Waals surface area contributed by atoms with Crippen molar-refractivity contribution >= 4 is 46.2 Å². The number of fused-ring (bicyclic) bond motifs is 4. The average molecular weight is 836 g/mol. The lowest BCUT2D eigenvalue weighted by Crippen LogP contribution is -2.39. The van der Waals surface area contributed by atoms with Gasteiger partial charge in [-0.05, 0) is 121 Å². The second kappa shape index (κ2) is 16.7. The van der Waals surface area contributed by atoms with Crippen molar-refractivity contribution in [1.29, 1.82) is 0 Å². The van der Waals surface area contributed by atoms with Crippen molar-refractivity contribution in [3.8, 4) is 23.0 Å². The van der Waals surface area contributed by atoms with Crippen molar-refractivity contribution < 1.29 is 42.7 Å². The normalized spacial score (nSPS) is 15.8. The molecule has 3 atom stereocenters. The molecule has 0 fully saturated rings. The van der Waals surface area contributed by atoms with E-state index in [-0.39, 0.29) is 38.8 Å². The van der Waals surface area contributed by atoms with Gasteiger partial charge in [0.15, 0.2) is 23.0 Å². The molecule has 0 aliphatic carbocycles. The second-order valence-corrected chi connectivity index (χ2v) is 16.6. The van der Waals surface area contributed by atoms with Crippen LogP contribution in [0.1, 0.15) is 28.3 Å². The SMILES string of the molecule is O=S(Oc1cc2c(cc1OSc1cccc(F)c1)CCN1Cc3c(ccc(OSc4cccc(F)c4)c3OS(=O)c3cccc(F)c3)CC21)c1cccc(F)c1. The summed E-state index contributed by atoms with van der Waals surface area (Å²) in [5.74, 6) is -1.10. The van der Waals surface area contributed by atoms with E-state index in [2.05, 4.69) is 4.90 Å². The molecule has 6 aromatic carbocycles. The van der Waals surface area contributed by atoms with Crippen LogP contribution >= 0.6 is 24.1 Å². The lowest BCUT2D eigenvalue weighted by atomic mass is 9.83. The zero-order valence-corrected chi connectivity index (χ0v) is 32.3. The molecule has 286 valence electrons. The van der Waals surface area contributed by atoms with E-state index >= 15 is 0 Å². The zero-order chi connectivity index (χ0) is 38.8. The van der Waals surface area contributed by atoms with E-state index in [1.807, 2.05) is 12.1 Å². The largest absolute Gasteiger partial charge is 0.417 e. The fourth-order valence-electron chi connectivity index (χ4n) is 6.52. The van der Waals surface area contributed by atoms with E-state index < -0.39 is 45.4 Å². The molecule has 0 aromatic heterocycles. The Bertz CT molecular complexity index is 2490. The van der Waals surface area contributed by atoms with Crippen molar-refractivity contribution in [3.63, 3.8) is 0 Å². The number of halogens is 4. The van der Waals surface area contributed by atoms with Crippen LogP contribution in [0.4, 0.5) is 17.6 Å².